The Labute approximate surface area is 135 Å². The summed E-state index contributed by atoms with van der Waals surface area (Å²) in [6.45, 7) is 6.84. The Morgan fingerprint density at radius 2 is 1.83 bits per heavy atom. The van der Waals surface area contributed by atoms with Gasteiger partial charge in [-0.2, -0.15) is 0 Å². The molecule has 2 aliphatic heterocycles. The molecular weight excluding hydrogens is 294 g/mol. The van der Waals surface area contributed by atoms with Crippen molar-refractivity contribution in [3.63, 3.8) is 0 Å². The summed E-state index contributed by atoms with van der Waals surface area (Å²) in [6, 6.07) is 3.15. The third-order valence-corrected chi connectivity index (χ3v) is 4.44. The van der Waals surface area contributed by atoms with Crippen LogP contribution in [0.15, 0.2) is 18.3 Å². The largest absolute Gasteiger partial charge is 0.342 e. The molecule has 0 radical (unpaired) electrons. The molecule has 1 aromatic rings. The summed E-state index contributed by atoms with van der Waals surface area (Å²) in [5, 5.41) is 0. The molecule has 0 atom stereocenters. The molecule has 2 aliphatic rings. The van der Waals surface area contributed by atoms with Gasteiger partial charge in [-0.15, -0.1) is 0 Å². The number of rotatable bonds is 1. The summed E-state index contributed by atoms with van der Waals surface area (Å²) in [5.41, 5.74) is 0.211. The second-order valence-corrected chi connectivity index (χ2v) is 7.15. The molecular formula is C17H21N3O3. The van der Waals surface area contributed by atoms with Crippen molar-refractivity contribution in [2.45, 2.75) is 39.7 Å². The highest BCUT2D eigenvalue weighted by Gasteiger charge is 2.42. The SMILES string of the molecule is CC(C)(C)C(=O)N1CCC(N2C(=O)c3cccnc3C2=O)CC1. The summed E-state index contributed by atoms with van der Waals surface area (Å²) in [4.78, 5) is 44.4. The van der Waals surface area contributed by atoms with Gasteiger partial charge < -0.3 is 4.90 Å². The van der Waals surface area contributed by atoms with Gasteiger partial charge in [0.2, 0.25) is 5.91 Å². The molecule has 3 amide bonds. The first kappa shape index (κ1) is 15.6. The van der Waals surface area contributed by atoms with Gasteiger partial charge in [0.25, 0.3) is 11.8 Å². The van der Waals surface area contributed by atoms with Crippen LogP contribution in [-0.2, 0) is 4.79 Å². The van der Waals surface area contributed by atoms with Gasteiger partial charge in [-0.1, -0.05) is 20.8 Å². The Morgan fingerprint density at radius 1 is 1.17 bits per heavy atom. The molecule has 3 rings (SSSR count). The van der Waals surface area contributed by atoms with Crippen molar-refractivity contribution >= 4 is 17.7 Å². The maximum atomic E-state index is 12.5. The van der Waals surface area contributed by atoms with Gasteiger partial charge in [0, 0.05) is 30.7 Å². The standard InChI is InChI=1S/C17H21N3O3/c1-17(2,3)16(23)19-9-6-11(7-10-19)20-14(21)12-5-4-8-18-13(12)15(20)22/h4-5,8,11H,6-7,9-10H2,1-3H3. The Hall–Kier alpha value is -2.24. The van der Waals surface area contributed by atoms with Crippen LogP contribution in [0.2, 0.25) is 0 Å². The first-order valence-electron chi connectivity index (χ1n) is 7.93. The predicted molar refractivity (Wildman–Crippen MR) is 83.8 cm³/mol. The van der Waals surface area contributed by atoms with Gasteiger partial charge in [-0.25, -0.2) is 0 Å². The minimum Gasteiger partial charge on any atom is -0.342 e. The van der Waals surface area contributed by atoms with Gasteiger partial charge in [0.05, 0.1) is 5.56 Å². The number of imide groups is 1. The van der Waals surface area contributed by atoms with Gasteiger partial charge in [-0.3, -0.25) is 24.3 Å². The molecule has 23 heavy (non-hydrogen) atoms. The second kappa shape index (κ2) is 5.44. The Kier molecular flexibility index (Phi) is 3.70. The average molecular weight is 315 g/mol. The quantitative estimate of drug-likeness (QED) is 0.740. The highest BCUT2D eigenvalue weighted by Crippen LogP contribution is 2.28. The molecule has 6 heteroatoms. The van der Waals surface area contributed by atoms with Crippen LogP contribution in [0.25, 0.3) is 0 Å². The number of pyridine rings is 1. The number of likely N-dealkylation sites (tertiary alicyclic amines) is 1. The van der Waals surface area contributed by atoms with E-state index in [0.717, 1.165) is 0 Å². The Bertz CT molecular complexity index is 635. The van der Waals surface area contributed by atoms with Crippen LogP contribution < -0.4 is 0 Å². The number of carbonyl (C=O) groups is 3. The summed E-state index contributed by atoms with van der Waals surface area (Å²) in [6.07, 6.45) is 2.76. The van der Waals surface area contributed by atoms with Gasteiger partial charge in [0.1, 0.15) is 5.69 Å². The van der Waals surface area contributed by atoms with E-state index in [9.17, 15) is 14.4 Å². The van der Waals surface area contributed by atoms with E-state index in [2.05, 4.69) is 4.98 Å². The second-order valence-electron chi connectivity index (χ2n) is 7.15. The molecule has 0 unspecified atom stereocenters. The minimum absolute atomic E-state index is 0.111. The van der Waals surface area contributed by atoms with Crippen molar-refractivity contribution < 1.29 is 14.4 Å². The average Bonchev–Trinajstić information content (AvgIpc) is 2.78. The molecule has 0 bridgehead atoms. The summed E-state index contributed by atoms with van der Waals surface area (Å²) < 4.78 is 0. The first-order chi connectivity index (χ1) is 10.8. The summed E-state index contributed by atoms with van der Waals surface area (Å²) in [5.74, 6) is -0.468. The lowest BCUT2D eigenvalue weighted by molar-refractivity contribution is -0.140. The highest BCUT2D eigenvalue weighted by atomic mass is 16.2. The number of carbonyl (C=O) groups excluding carboxylic acids is 3. The number of hydrogen-bond acceptors (Lipinski definition) is 4. The molecule has 0 aliphatic carbocycles. The number of aromatic nitrogens is 1. The molecule has 0 saturated carbocycles. The van der Waals surface area contributed by atoms with E-state index in [-0.39, 0.29) is 29.5 Å². The molecule has 122 valence electrons. The first-order valence-corrected chi connectivity index (χ1v) is 7.93. The molecule has 0 aromatic carbocycles. The van der Waals surface area contributed by atoms with Crippen LogP contribution in [0, 0.1) is 5.41 Å². The van der Waals surface area contributed by atoms with E-state index in [1.165, 1.54) is 11.1 Å². The third kappa shape index (κ3) is 2.62. The molecule has 6 nitrogen and oxygen atoms in total. The van der Waals surface area contributed by atoms with Gasteiger partial charge in [-0.05, 0) is 25.0 Å². The zero-order valence-electron chi connectivity index (χ0n) is 13.7. The number of nitrogens with zero attached hydrogens (tertiary/aromatic N) is 3. The van der Waals surface area contributed by atoms with E-state index in [1.807, 2.05) is 25.7 Å². The fourth-order valence-electron chi connectivity index (χ4n) is 3.22. The molecule has 0 N–H and O–H groups in total. The third-order valence-electron chi connectivity index (χ3n) is 4.44. The number of fused-ring (bicyclic) bond motifs is 1. The molecule has 1 fully saturated rings. The minimum atomic E-state index is -0.410. The van der Waals surface area contributed by atoms with Crippen molar-refractivity contribution in [1.82, 2.24) is 14.8 Å². The van der Waals surface area contributed by atoms with Crippen molar-refractivity contribution in [3.8, 4) is 0 Å². The van der Waals surface area contributed by atoms with Crippen LogP contribution in [-0.4, -0.2) is 51.6 Å². The van der Waals surface area contributed by atoms with Crippen LogP contribution in [0.5, 0.6) is 0 Å². The number of amides is 3. The van der Waals surface area contributed by atoms with Crippen LogP contribution >= 0.6 is 0 Å². The number of piperidine rings is 1. The van der Waals surface area contributed by atoms with Crippen LogP contribution in [0.1, 0.15) is 54.5 Å². The van der Waals surface area contributed by atoms with Crippen LogP contribution in [0.4, 0.5) is 0 Å². The zero-order valence-corrected chi connectivity index (χ0v) is 13.7. The van der Waals surface area contributed by atoms with Crippen molar-refractivity contribution in [3.05, 3.63) is 29.6 Å². The van der Waals surface area contributed by atoms with E-state index < -0.39 is 5.41 Å². The molecule has 3 heterocycles. The van der Waals surface area contributed by atoms with E-state index >= 15 is 0 Å². The topological polar surface area (TPSA) is 70.6 Å². The Balaban J connectivity index is 1.71. The van der Waals surface area contributed by atoms with E-state index in [0.29, 0.717) is 31.5 Å². The molecule has 1 saturated heterocycles. The maximum absolute atomic E-state index is 12.5. The highest BCUT2D eigenvalue weighted by molar-refractivity contribution is 6.20. The predicted octanol–water partition coefficient (Wildman–Crippen LogP) is 1.71. The van der Waals surface area contributed by atoms with Crippen LogP contribution in [0.3, 0.4) is 0 Å². The fourth-order valence-corrected chi connectivity index (χ4v) is 3.22. The van der Waals surface area contributed by atoms with Gasteiger partial charge >= 0.3 is 0 Å². The lowest BCUT2D eigenvalue weighted by atomic mass is 9.92. The van der Waals surface area contributed by atoms with E-state index in [4.69, 9.17) is 0 Å². The lowest BCUT2D eigenvalue weighted by Gasteiger charge is -2.38. The van der Waals surface area contributed by atoms with Crippen molar-refractivity contribution in [2.24, 2.45) is 5.41 Å². The van der Waals surface area contributed by atoms with Crippen molar-refractivity contribution in [1.29, 1.82) is 0 Å². The van der Waals surface area contributed by atoms with Gasteiger partial charge in [0.15, 0.2) is 0 Å². The Morgan fingerprint density at radius 3 is 2.39 bits per heavy atom. The zero-order chi connectivity index (χ0) is 16.8. The normalized spacial score (nSPS) is 19.3. The summed E-state index contributed by atoms with van der Waals surface area (Å²) >= 11 is 0. The smallest absolute Gasteiger partial charge is 0.280 e. The summed E-state index contributed by atoms with van der Waals surface area (Å²) in [7, 11) is 0. The maximum Gasteiger partial charge on any atom is 0.280 e. The fraction of sp³-hybridized carbons (Fsp3) is 0.529. The monoisotopic (exact) mass is 315 g/mol. The van der Waals surface area contributed by atoms with Crippen molar-refractivity contribution in [2.75, 3.05) is 13.1 Å². The van der Waals surface area contributed by atoms with E-state index in [1.54, 1.807) is 12.1 Å². The molecule has 0 spiro atoms. The lowest BCUT2D eigenvalue weighted by Crippen LogP contribution is -2.50. The number of hydrogen-bond donors (Lipinski definition) is 0. The molecule has 1 aromatic heterocycles.